The Hall–Kier alpha value is -5.23. The first-order chi connectivity index (χ1) is 24.8. The lowest BCUT2D eigenvalue weighted by atomic mass is 9.81. The number of anilines is 1. The van der Waals surface area contributed by atoms with Gasteiger partial charge in [0.2, 0.25) is 17.1 Å². The quantitative estimate of drug-likeness (QED) is 0.121. The normalized spacial score (nSPS) is 16.3. The summed E-state index contributed by atoms with van der Waals surface area (Å²) in [4.78, 5) is 54.3. The second kappa shape index (κ2) is 16.9. The zero-order valence-electron chi connectivity index (χ0n) is 30.0. The summed E-state index contributed by atoms with van der Waals surface area (Å²) in [5.74, 6) is -0.423. The van der Waals surface area contributed by atoms with E-state index in [9.17, 15) is 19.2 Å². The van der Waals surface area contributed by atoms with Gasteiger partial charge >= 0.3 is 12.1 Å². The summed E-state index contributed by atoms with van der Waals surface area (Å²) in [6.45, 7) is 7.88. The Labute approximate surface area is 308 Å². The number of methoxy groups -OCH3 is 1. The van der Waals surface area contributed by atoms with Crippen LogP contribution in [0.5, 0.6) is 0 Å². The number of carbonyl (C=O) groups is 4. The van der Waals surface area contributed by atoms with Gasteiger partial charge in [-0.05, 0) is 130 Å². The van der Waals surface area contributed by atoms with E-state index in [1.165, 1.54) is 7.11 Å². The molecule has 1 aliphatic carbocycles. The van der Waals surface area contributed by atoms with Gasteiger partial charge in [0.15, 0.2) is 5.82 Å². The number of hydrogen-bond donors (Lipinski definition) is 4. The predicted octanol–water partition coefficient (Wildman–Crippen LogP) is 6.88. The van der Waals surface area contributed by atoms with Gasteiger partial charge in [-0.2, -0.15) is 0 Å². The highest BCUT2D eigenvalue weighted by atomic mass is 35.5. The number of ether oxygens (including phenoxy) is 2. The number of H-pyrrole nitrogens is 1. The van der Waals surface area contributed by atoms with Gasteiger partial charge in [-0.15, -0.1) is 10.2 Å². The largest absolute Gasteiger partial charge is 0.465 e. The molecule has 4 aromatic rings. The van der Waals surface area contributed by atoms with Crippen molar-refractivity contribution in [3.8, 4) is 22.5 Å². The first-order valence-electron chi connectivity index (χ1n) is 17.3. The maximum atomic E-state index is 13.8. The van der Waals surface area contributed by atoms with Crippen LogP contribution in [-0.4, -0.2) is 64.4 Å². The SMILES string of the molecule is COC(=O)c1ccc(-c2ccc(CC(NC(=O)C3CCC(CNC(=O)OC(C)(C)C)CC3)C(=O)Nc3ccc(-c4nnc(Cl)[nH]4)cc3)cc2)c(C)c1. The Balaban J connectivity index is 1.26. The molecule has 4 N–H and O–H groups in total. The Bertz CT molecular complexity index is 1880. The molecule has 52 heavy (non-hydrogen) atoms. The van der Waals surface area contributed by atoms with E-state index >= 15 is 0 Å². The molecule has 1 aromatic heterocycles. The van der Waals surface area contributed by atoms with Gasteiger partial charge < -0.3 is 30.4 Å². The summed E-state index contributed by atoms with van der Waals surface area (Å²) in [7, 11) is 1.35. The molecule has 1 aliphatic rings. The van der Waals surface area contributed by atoms with E-state index < -0.39 is 23.7 Å². The molecule has 12 nitrogen and oxygen atoms in total. The number of alkyl carbamates (subject to hydrolysis) is 1. The van der Waals surface area contributed by atoms with Crippen LogP contribution in [0.25, 0.3) is 22.5 Å². The summed E-state index contributed by atoms with van der Waals surface area (Å²) < 4.78 is 10.2. The highest BCUT2D eigenvalue weighted by Crippen LogP contribution is 2.30. The van der Waals surface area contributed by atoms with Gasteiger partial charge in [-0.25, -0.2) is 9.59 Å². The van der Waals surface area contributed by atoms with Gasteiger partial charge in [0, 0.05) is 30.1 Å². The number of nitrogens with zero attached hydrogens (tertiary/aromatic N) is 2. The van der Waals surface area contributed by atoms with Crippen LogP contribution in [0.1, 0.15) is 67.9 Å². The van der Waals surface area contributed by atoms with Crippen molar-refractivity contribution >= 4 is 41.2 Å². The van der Waals surface area contributed by atoms with Crippen LogP contribution >= 0.6 is 11.6 Å². The highest BCUT2D eigenvalue weighted by molar-refractivity contribution is 6.28. The van der Waals surface area contributed by atoms with E-state index in [1.54, 1.807) is 36.4 Å². The minimum atomic E-state index is -0.848. The first-order valence-corrected chi connectivity index (χ1v) is 17.7. The van der Waals surface area contributed by atoms with E-state index in [4.69, 9.17) is 21.1 Å². The average molecular weight is 729 g/mol. The summed E-state index contributed by atoms with van der Waals surface area (Å²) in [6, 6.07) is 19.4. The number of carbonyl (C=O) groups excluding carboxylic acids is 4. The monoisotopic (exact) mass is 728 g/mol. The molecule has 1 saturated carbocycles. The fourth-order valence-electron chi connectivity index (χ4n) is 6.27. The van der Waals surface area contributed by atoms with Gasteiger partial charge in [-0.3, -0.25) is 9.59 Å². The second-order valence-electron chi connectivity index (χ2n) is 14.1. The fraction of sp³-hybridized carbons (Fsp3) is 0.385. The molecule has 274 valence electrons. The van der Waals surface area contributed by atoms with Crippen LogP contribution in [0.2, 0.25) is 5.28 Å². The van der Waals surface area contributed by atoms with Crippen molar-refractivity contribution in [3.05, 3.63) is 88.7 Å². The number of amides is 3. The molecular formula is C39H45ClN6O6. The van der Waals surface area contributed by atoms with Crippen LogP contribution in [0.4, 0.5) is 10.5 Å². The van der Waals surface area contributed by atoms with Crippen molar-refractivity contribution in [2.45, 2.75) is 71.4 Å². The topological polar surface area (TPSA) is 164 Å². The average Bonchev–Trinajstić information content (AvgIpc) is 3.56. The molecule has 0 aliphatic heterocycles. The molecule has 0 radical (unpaired) electrons. The number of hydrogen-bond acceptors (Lipinski definition) is 8. The van der Waals surface area contributed by atoms with Crippen molar-refractivity contribution in [3.63, 3.8) is 0 Å². The number of nitrogens with one attached hydrogen (secondary N) is 4. The lowest BCUT2D eigenvalue weighted by molar-refractivity contribution is -0.130. The van der Waals surface area contributed by atoms with E-state index in [-0.39, 0.29) is 35.4 Å². The third-order valence-corrected chi connectivity index (χ3v) is 9.19. The number of esters is 1. The number of benzene rings is 3. The molecule has 1 atom stereocenters. The Kier molecular flexibility index (Phi) is 12.3. The van der Waals surface area contributed by atoms with Gasteiger partial charge in [0.25, 0.3) is 0 Å². The summed E-state index contributed by atoms with van der Waals surface area (Å²) in [5, 5.41) is 16.8. The molecule has 0 spiro atoms. The molecule has 1 unspecified atom stereocenters. The number of halogens is 1. The van der Waals surface area contributed by atoms with Crippen molar-refractivity contribution in [1.82, 2.24) is 25.8 Å². The van der Waals surface area contributed by atoms with Crippen LogP contribution in [0.15, 0.2) is 66.7 Å². The smallest absolute Gasteiger partial charge is 0.407 e. The maximum Gasteiger partial charge on any atom is 0.407 e. The number of aromatic amines is 1. The highest BCUT2D eigenvalue weighted by Gasteiger charge is 2.30. The second-order valence-corrected chi connectivity index (χ2v) is 14.5. The van der Waals surface area contributed by atoms with Crippen LogP contribution < -0.4 is 16.0 Å². The third kappa shape index (κ3) is 10.4. The first kappa shape index (κ1) is 38.0. The molecule has 3 amide bonds. The van der Waals surface area contributed by atoms with Crippen LogP contribution in [0, 0.1) is 18.8 Å². The predicted molar refractivity (Wildman–Crippen MR) is 199 cm³/mol. The maximum absolute atomic E-state index is 13.8. The number of aromatic nitrogens is 3. The van der Waals surface area contributed by atoms with Crippen molar-refractivity contribution in [1.29, 1.82) is 0 Å². The minimum Gasteiger partial charge on any atom is -0.465 e. The van der Waals surface area contributed by atoms with Gasteiger partial charge in [-0.1, -0.05) is 30.3 Å². The van der Waals surface area contributed by atoms with Crippen molar-refractivity contribution in [2.75, 3.05) is 19.0 Å². The molecule has 1 fully saturated rings. The van der Waals surface area contributed by atoms with Gasteiger partial charge in [0.1, 0.15) is 11.6 Å². The molecule has 0 saturated heterocycles. The molecule has 5 rings (SSSR count). The minimum absolute atomic E-state index is 0.172. The summed E-state index contributed by atoms with van der Waals surface area (Å²) in [5.41, 5.74) is 4.91. The zero-order chi connectivity index (χ0) is 37.4. The van der Waals surface area contributed by atoms with Gasteiger partial charge in [0.05, 0.1) is 12.7 Å². The summed E-state index contributed by atoms with van der Waals surface area (Å²) in [6.07, 6.45) is 2.66. The molecule has 1 heterocycles. The fourth-order valence-corrected chi connectivity index (χ4v) is 6.40. The Morgan fingerprint density at radius 3 is 2.19 bits per heavy atom. The standard InChI is InChI=1S/C39H45ClN6O6/c1-23-20-29(36(49)51-5)16-19-31(23)26-10-6-24(7-11-26)21-32(35(48)42-30-17-14-27(15-18-30)33-44-37(40)46-45-33)43-34(47)28-12-8-25(9-13-28)22-41-38(50)52-39(2,3)4/h6-7,10-11,14-20,25,28,32H,8-9,12-13,21-22H2,1-5H3,(H,41,50)(H,42,48)(H,43,47)(H,44,45,46). The Morgan fingerprint density at radius 1 is 0.923 bits per heavy atom. The number of aryl methyl sites for hydroxylation is 1. The Morgan fingerprint density at radius 2 is 1.60 bits per heavy atom. The van der Waals surface area contributed by atoms with E-state index in [2.05, 4.69) is 31.1 Å². The lowest BCUT2D eigenvalue weighted by Gasteiger charge is -2.29. The van der Waals surface area contributed by atoms with E-state index in [0.717, 1.165) is 40.7 Å². The number of rotatable bonds is 11. The van der Waals surface area contributed by atoms with Crippen LogP contribution in [0.3, 0.4) is 0 Å². The lowest BCUT2D eigenvalue weighted by Crippen LogP contribution is -2.48. The van der Waals surface area contributed by atoms with Crippen LogP contribution in [-0.2, 0) is 25.5 Å². The molecule has 0 bridgehead atoms. The summed E-state index contributed by atoms with van der Waals surface area (Å²) >= 11 is 5.87. The van der Waals surface area contributed by atoms with Crippen molar-refractivity contribution < 1.29 is 28.7 Å². The zero-order valence-corrected chi connectivity index (χ0v) is 30.8. The third-order valence-electron chi connectivity index (χ3n) is 9.02. The van der Waals surface area contributed by atoms with E-state index in [1.807, 2.05) is 58.0 Å². The molecular weight excluding hydrogens is 684 g/mol. The van der Waals surface area contributed by atoms with Crippen molar-refractivity contribution in [2.24, 2.45) is 11.8 Å². The molecule has 3 aromatic carbocycles. The molecule has 13 heteroatoms. The van der Waals surface area contributed by atoms with E-state index in [0.29, 0.717) is 36.5 Å².